The maximum Gasteiger partial charge on any atom is 0.227 e. The van der Waals surface area contributed by atoms with E-state index >= 15 is 0 Å². The summed E-state index contributed by atoms with van der Waals surface area (Å²) in [4.78, 5) is 13.9. The molecule has 28 heavy (non-hydrogen) atoms. The van der Waals surface area contributed by atoms with Gasteiger partial charge in [0.15, 0.2) is 0 Å². The monoisotopic (exact) mass is 393 g/mol. The van der Waals surface area contributed by atoms with Gasteiger partial charge in [0.25, 0.3) is 0 Å². The van der Waals surface area contributed by atoms with E-state index in [-0.39, 0.29) is 0 Å². The molecule has 0 saturated carbocycles. The fourth-order valence-electron chi connectivity index (χ4n) is 3.38. The van der Waals surface area contributed by atoms with Crippen molar-refractivity contribution in [3.63, 3.8) is 0 Å². The highest BCUT2D eigenvalue weighted by molar-refractivity contribution is 6.30. The van der Waals surface area contributed by atoms with Gasteiger partial charge < -0.3 is 10.2 Å². The van der Waals surface area contributed by atoms with Gasteiger partial charge in [-0.05, 0) is 36.2 Å². The molecular formula is C22H24ClN5. The predicted octanol–water partition coefficient (Wildman–Crippen LogP) is 4.50. The summed E-state index contributed by atoms with van der Waals surface area (Å²) in [5.74, 6) is 1.55. The van der Waals surface area contributed by atoms with Crippen LogP contribution >= 0.6 is 11.6 Å². The van der Waals surface area contributed by atoms with Crippen LogP contribution in [-0.2, 0) is 6.54 Å². The lowest BCUT2D eigenvalue weighted by atomic mass is 10.2. The maximum atomic E-state index is 6.12. The van der Waals surface area contributed by atoms with Crippen molar-refractivity contribution in [3.05, 3.63) is 76.9 Å². The van der Waals surface area contributed by atoms with Crippen LogP contribution in [0.1, 0.15) is 11.1 Å². The van der Waals surface area contributed by atoms with E-state index in [0.717, 1.165) is 55.7 Å². The Kier molecular flexibility index (Phi) is 5.74. The molecule has 1 N–H and O–H groups in total. The zero-order valence-corrected chi connectivity index (χ0v) is 16.7. The summed E-state index contributed by atoms with van der Waals surface area (Å²) < 4.78 is 0. The Morgan fingerprint density at radius 2 is 1.79 bits per heavy atom. The van der Waals surface area contributed by atoms with Crippen LogP contribution in [0.2, 0.25) is 5.02 Å². The number of piperazine rings is 1. The summed E-state index contributed by atoms with van der Waals surface area (Å²) in [5, 5.41) is 4.07. The van der Waals surface area contributed by atoms with Gasteiger partial charge in [-0.15, -0.1) is 0 Å². The molecule has 1 saturated heterocycles. The number of nitrogens with zero attached hydrogens (tertiary/aromatic N) is 4. The quantitative estimate of drug-likeness (QED) is 0.691. The van der Waals surface area contributed by atoms with E-state index in [0.29, 0.717) is 5.02 Å². The average molecular weight is 394 g/mol. The van der Waals surface area contributed by atoms with Crippen LogP contribution in [0.3, 0.4) is 0 Å². The Morgan fingerprint density at radius 1 is 1.00 bits per heavy atom. The first kappa shape index (κ1) is 18.7. The molecule has 5 nitrogen and oxygen atoms in total. The minimum Gasteiger partial charge on any atom is -0.340 e. The van der Waals surface area contributed by atoms with Gasteiger partial charge in [-0.3, -0.25) is 4.90 Å². The molecule has 0 aliphatic carbocycles. The summed E-state index contributed by atoms with van der Waals surface area (Å²) in [7, 11) is 0. The first-order chi connectivity index (χ1) is 13.7. The topological polar surface area (TPSA) is 44.3 Å². The highest BCUT2D eigenvalue weighted by atomic mass is 35.5. The number of hydrogen-bond donors (Lipinski definition) is 1. The van der Waals surface area contributed by atoms with E-state index in [2.05, 4.69) is 50.4 Å². The molecule has 144 valence electrons. The van der Waals surface area contributed by atoms with Gasteiger partial charge in [0.1, 0.15) is 5.82 Å². The number of aryl methyl sites for hydroxylation is 1. The van der Waals surface area contributed by atoms with Crippen LogP contribution in [0.25, 0.3) is 0 Å². The van der Waals surface area contributed by atoms with Crippen LogP contribution in [0.4, 0.5) is 17.5 Å². The minimum atomic E-state index is 0.705. The first-order valence-electron chi connectivity index (χ1n) is 9.55. The van der Waals surface area contributed by atoms with Crippen molar-refractivity contribution in [2.75, 3.05) is 36.4 Å². The smallest absolute Gasteiger partial charge is 0.227 e. The molecule has 0 unspecified atom stereocenters. The summed E-state index contributed by atoms with van der Waals surface area (Å²) in [6.07, 6.45) is 1.81. The Bertz CT molecular complexity index is 923. The van der Waals surface area contributed by atoms with E-state index in [1.807, 2.05) is 31.2 Å². The third kappa shape index (κ3) is 4.61. The van der Waals surface area contributed by atoms with Gasteiger partial charge in [-0.1, -0.05) is 48.0 Å². The van der Waals surface area contributed by atoms with Gasteiger partial charge in [0, 0.05) is 49.6 Å². The number of benzene rings is 2. The largest absolute Gasteiger partial charge is 0.340 e. The Balaban J connectivity index is 1.39. The number of hydrogen-bond acceptors (Lipinski definition) is 5. The van der Waals surface area contributed by atoms with Gasteiger partial charge in [0.05, 0.1) is 0 Å². The molecule has 4 rings (SSSR count). The first-order valence-corrected chi connectivity index (χ1v) is 9.92. The molecule has 0 spiro atoms. The normalized spacial score (nSPS) is 14.9. The summed E-state index contributed by atoms with van der Waals surface area (Å²) in [5.41, 5.74) is 3.44. The van der Waals surface area contributed by atoms with Crippen molar-refractivity contribution in [2.45, 2.75) is 13.5 Å². The summed E-state index contributed by atoms with van der Waals surface area (Å²) in [6, 6.07) is 18.3. The number of halogens is 1. The highest BCUT2D eigenvalue weighted by Crippen LogP contribution is 2.24. The minimum absolute atomic E-state index is 0.705. The SMILES string of the molecule is Cc1ccc(Cl)cc1Nc1ccnc(N2CCN(Cc3ccccc3)CC2)n1. The lowest BCUT2D eigenvalue weighted by Gasteiger charge is -2.34. The molecule has 0 amide bonds. The van der Waals surface area contributed by atoms with Crippen molar-refractivity contribution in [1.29, 1.82) is 0 Å². The van der Waals surface area contributed by atoms with E-state index < -0.39 is 0 Å². The number of nitrogens with one attached hydrogen (secondary N) is 1. The maximum absolute atomic E-state index is 6.12. The lowest BCUT2D eigenvalue weighted by molar-refractivity contribution is 0.248. The van der Waals surface area contributed by atoms with Gasteiger partial charge in [-0.25, -0.2) is 4.98 Å². The number of anilines is 3. The molecule has 1 aliphatic rings. The van der Waals surface area contributed by atoms with Crippen molar-refractivity contribution in [3.8, 4) is 0 Å². The van der Waals surface area contributed by atoms with Crippen LogP contribution in [0, 0.1) is 6.92 Å². The van der Waals surface area contributed by atoms with E-state index in [1.165, 1.54) is 5.56 Å². The van der Waals surface area contributed by atoms with Crippen molar-refractivity contribution < 1.29 is 0 Å². The third-order valence-electron chi connectivity index (χ3n) is 5.01. The third-order valence-corrected chi connectivity index (χ3v) is 5.24. The Hall–Kier alpha value is -2.63. The highest BCUT2D eigenvalue weighted by Gasteiger charge is 2.19. The molecule has 6 heteroatoms. The second-order valence-corrected chi connectivity index (χ2v) is 7.51. The van der Waals surface area contributed by atoms with E-state index in [9.17, 15) is 0 Å². The van der Waals surface area contributed by atoms with Gasteiger partial charge >= 0.3 is 0 Å². The molecular weight excluding hydrogens is 370 g/mol. The fraction of sp³-hybridized carbons (Fsp3) is 0.273. The van der Waals surface area contributed by atoms with Gasteiger partial charge in [0.2, 0.25) is 5.95 Å². The number of aromatic nitrogens is 2. The molecule has 2 aromatic carbocycles. The summed E-state index contributed by atoms with van der Waals surface area (Å²) in [6.45, 7) is 6.89. The van der Waals surface area contributed by atoms with Crippen molar-refractivity contribution in [2.24, 2.45) is 0 Å². The van der Waals surface area contributed by atoms with Crippen molar-refractivity contribution in [1.82, 2.24) is 14.9 Å². The van der Waals surface area contributed by atoms with E-state index in [1.54, 1.807) is 6.20 Å². The Labute approximate surface area is 171 Å². The molecule has 1 aliphatic heterocycles. The molecule has 1 fully saturated rings. The zero-order valence-electron chi connectivity index (χ0n) is 16.0. The molecule has 0 bridgehead atoms. The Morgan fingerprint density at radius 3 is 2.57 bits per heavy atom. The predicted molar refractivity (Wildman–Crippen MR) is 115 cm³/mol. The average Bonchev–Trinajstić information content (AvgIpc) is 2.72. The standard InChI is InChI=1S/C22H24ClN5/c1-17-7-8-19(23)15-20(17)25-21-9-10-24-22(26-21)28-13-11-27(12-14-28)16-18-5-3-2-4-6-18/h2-10,15H,11-14,16H2,1H3,(H,24,25,26). The van der Waals surface area contributed by atoms with Crippen LogP contribution in [0.5, 0.6) is 0 Å². The molecule has 2 heterocycles. The van der Waals surface area contributed by atoms with Crippen LogP contribution in [0.15, 0.2) is 60.8 Å². The van der Waals surface area contributed by atoms with Gasteiger partial charge in [-0.2, -0.15) is 4.98 Å². The zero-order chi connectivity index (χ0) is 19.3. The van der Waals surface area contributed by atoms with Crippen LogP contribution in [-0.4, -0.2) is 41.0 Å². The van der Waals surface area contributed by atoms with Crippen LogP contribution < -0.4 is 10.2 Å². The fourth-order valence-corrected chi connectivity index (χ4v) is 3.56. The number of rotatable bonds is 5. The second-order valence-electron chi connectivity index (χ2n) is 7.07. The molecule has 0 radical (unpaired) electrons. The summed E-state index contributed by atoms with van der Waals surface area (Å²) >= 11 is 6.12. The molecule has 0 atom stereocenters. The lowest BCUT2D eigenvalue weighted by Crippen LogP contribution is -2.46. The molecule has 1 aromatic heterocycles. The molecule has 3 aromatic rings. The van der Waals surface area contributed by atoms with Crippen molar-refractivity contribution >= 4 is 29.1 Å². The van der Waals surface area contributed by atoms with E-state index in [4.69, 9.17) is 16.6 Å². The second kappa shape index (κ2) is 8.59.